The SMILES string of the molecule is COc1ccc(NC(=O)Cc2nn(C)c(=O)c3ccccc23)cc1N1CCCC1=O. The zero-order valence-corrected chi connectivity index (χ0v) is 16.8. The number of carbonyl (C=O) groups is 2. The van der Waals surface area contributed by atoms with Crippen LogP contribution in [0.4, 0.5) is 11.4 Å². The van der Waals surface area contributed by atoms with Crippen molar-refractivity contribution in [3.8, 4) is 5.75 Å². The molecule has 154 valence electrons. The van der Waals surface area contributed by atoms with Crippen LogP contribution in [0.25, 0.3) is 10.8 Å². The van der Waals surface area contributed by atoms with Crippen molar-refractivity contribution < 1.29 is 14.3 Å². The molecule has 0 spiro atoms. The predicted molar refractivity (Wildman–Crippen MR) is 114 cm³/mol. The van der Waals surface area contributed by atoms with E-state index in [1.165, 1.54) is 4.68 Å². The van der Waals surface area contributed by atoms with E-state index in [4.69, 9.17) is 4.74 Å². The topological polar surface area (TPSA) is 93.5 Å². The van der Waals surface area contributed by atoms with E-state index in [0.717, 1.165) is 6.42 Å². The number of carbonyl (C=O) groups excluding carboxylic acids is 2. The summed E-state index contributed by atoms with van der Waals surface area (Å²) < 4.78 is 6.63. The van der Waals surface area contributed by atoms with E-state index < -0.39 is 0 Å². The number of rotatable bonds is 5. The van der Waals surface area contributed by atoms with Crippen LogP contribution in [0, 0.1) is 0 Å². The fraction of sp³-hybridized carbons (Fsp3) is 0.273. The molecule has 4 rings (SSSR count). The van der Waals surface area contributed by atoms with Gasteiger partial charge in [0.15, 0.2) is 0 Å². The van der Waals surface area contributed by atoms with E-state index in [9.17, 15) is 14.4 Å². The van der Waals surface area contributed by atoms with Crippen molar-refractivity contribution in [3.05, 3.63) is 58.5 Å². The number of amides is 2. The lowest BCUT2D eigenvalue weighted by atomic mass is 10.1. The van der Waals surface area contributed by atoms with E-state index in [2.05, 4.69) is 10.4 Å². The minimum atomic E-state index is -0.268. The highest BCUT2D eigenvalue weighted by Gasteiger charge is 2.25. The first-order valence-electron chi connectivity index (χ1n) is 9.71. The number of hydrogen-bond donors (Lipinski definition) is 1. The van der Waals surface area contributed by atoms with Crippen LogP contribution < -0.4 is 20.5 Å². The number of aryl methyl sites for hydroxylation is 1. The van der Waals surface area contributed by atoms with Crippen LogP contribution >= 0.6 is 0 Å². The molecular weight excluding hydrogens is 384 g/mol. The summed E-state index contributed by atoms with van der Waals surface area (Å²) in [6.45, 7) is 0.626. The Morgan fingerprint density at radius 1 is 1.17 bits per heavy atom. The van der Waals surface area contributed by atoms with E-state index in [-0.39, 0.29) is 23.8 Å². The Bertz CT molecular complexity index is 1200. The van der Waals surface area contributed by atoms with Crippen LogP contribution in [0.5, 0.6) is 5.75 Å². The van der Waals surface area contributed by atoms with Crippen LogP contribution in [0.2, 0.25) is 0 Å². The lowest BCUT2D eigenvalue weighted by Gasteiger charge is -2.20. The van der Waals surface area contributed by atoms with Crippen molar-refractivity contribution in [1.82, 2.24) is 9.78 Å². The van der Waals surface area contributed by atoms with Gasteiger partial charge in [0.25, 0.3) is 5.56 Å². The van der Waals surface area contributed by atoms with Gasteiger partial charge in [-0.2, -0.15) is 5.10 Å². The molecule has 1 aromatic heterocycles. The van der Waals surface area contributed by atoms with E-state index in [1.54, 1.807) is 55.5 Å². The third kappa shape index (κ3) is 3.63. The van der Waals surface area contributed by atoms with Gasteiger partial charge in [-0.25, -0.2) is 4.68 Å². The third-order valence-electron chi connectivity index (χ3n) is 5.19. The van der Waals surface area contributed by atoms with Crippen LogP contribution in [-0.2, 0) is 23.1 Å². The summed E-state index contributed by atoms with van der Waals surface area (Å²) >= 11 is 0. The molecule has 2 aromatic carbocycles. The number of benzene rings is 2. The molecule has 1 saturated heterocycles. The average Bonchev–Trinajstić information content (AvgIpc) is 3.17. The van der Waals surface area contributed by atoms with Gasteiger partial charge in [-0.3, -0.25) is 14.4 Å². The number of methoxy groups -OCH3 is 1. The van der Waals surface area contributed by atoms with Gasteiger partial charge in [-0.15, -0.1) is 0 Å². The number of hydrogen-bond acceptors (Lipinski definition) is 5. The summed E-state index contributed by atoms with van der Waals surface area (Å²) in [5, 5.41) is 8.32. The molecule has 1 aliphatic heterocycles. The number of aromatic nitrogens is 2. The second-order valence-corrected chi connectivity index (χ2v) is 7.18. The molecule has 0 aliphatic carbocycles. The second-order valence-electron chi connectivity index (χ2n) is 7.18. The lowest BCUT2D eigenvalue weighted by Crippen LogP contribution is -2.25. The first-order valence-corrected chi connectivity index (χ1v) is 9.71. The number of nitrogens with one attached hydrogen (secondary N) is 1. The summed E-state index contributed by atoms with van der Waals surface area (Å²) in [7, 11) is 3.12. The molecular formula is C22H22N4O4. The minimum Gasteiger partial charge on any atom is -0.495 e. The maximum absolute atomic E-state index is 12.7. The van der Waals surface area contributed by atoms with Gasteiger partial charge in [-0.05, 0) is 30.7 Å². The Morgan fingerprint density at radius 3 is 2.63 bits per heavy atom. The molecule has 0 saturated carbocycles. The van der Waals surface area contributed by atoms with Gasteiger partial charge < -0.3 is 15.0 Å². The van der Waals surface area contributed by atoms with Gasteiger partial charge in [0.05, 0.1) is 30.3 Å². The molecule has 0 bridgehead atoms. The van der Waals surface area contributed by atoms with E-state index in [0.29, 0.717) is 46.6 Å². The van der Waals surface area contributed by atoms with Crippen molar-refractivity contribution >= 4 is 34.0 Å². The van der Waals surface area contributed by atoms with E-state index in [1.807, 2.05) is 6.07 Å². The molecule has 30 heavy (non-hydrogen) atoms. The summed E-state index contributed by atoms with van der Waals surface area (Å²) in [5.74, 6) is 0.349. The van der Waals surface area contributed by atoms with E-state index >= 15 is 0 Å². The normalized spacial score (nSPS) is 13.7. The zero-order chi connectivity index (χ0) is 21.3. The first kappa shape index (κ1) is 19.6. The summed E-state index contributed by atoms with van der Waals surface area (Å²) in [6.07, 6.45) is 1.31. The largest absolute Gasteiger partial charge is 0.495 e. The van der Waals surface area contributed by atoms with Crippen molar-refractivity contribution in [2.75, 3.05) is 23.9 Å². The van der Waals surface area contributed by atoms with Crippen LogP contribution in [0.15, 0.2) is 47.3 Å². The second kappa shape index (κ2) is 7.98. The Kier molecular flexibility index (Phi) is 5.22. The summed E-state index contributed by atoms with van der Waals surface area (Å²) in [4.78, 5) is 38.8. The molecule has 2 amide bonds. The fourth-order valence-corrected chi connectivity index (χ4v) is 3.75. The van der Waals surface area contributed by atoms with Gasteiger partial charge in [0.1, 0.15) is 5.75 Å². The Morgan fingerprint density at radius 2 is 1.93 bits per heavy atom. The lowest BCUT2D eigenvalue weighted by molar-refractivity contribution is -0.117. The summed E-state index contributed by atoms with van der Waals surface area (Å²) in [6, 6.07) is 12.3. The standard InChI is InChI=1S/C22H22N4O4/c1-25-22(29)16-7-4-3-6-15(16)17(24-25)13-20(27)23-14-9-10-19(30-2)18(12-14)26-11-5-8-21(26)28/h3-4,6-7,9-10,12H,5,8,11,13H2,1-2H3,(H,23,27). The van der Waals surface area contributed by atoms with Crippen LogP contribution in [-0.4, -0.2) is 35.2 Å². The maximum atomic E-state index is 12.7. The molecule has 0 unspecified atom stereocenters. The number of anilines is 2. The van der Waals surface area contributed by atoms with Crippen LogP contribution in [0.3, 0.4) is 0 Å². The fourth-order valence-electron chi connectivity index (χ4n) is 3.75. The summed E-state index contributed by atoms with van der Waals surface area (Å²) in [5.41, 5.74) is 1.52. The molecule has 1 fully saturated rings. The van der Waals surface area contributed by atoms with Crippen molar-refractivity contribution in [3.63, 3.8) is 0 Å². The number of fused-ring (bicyclic) bond motifs is 1. The highest BCUT2D eigenvalue weighted by Crippen LogP contribution is 2.34. The number of ether oxygens (including phenoxy) is 1. The quantitative estimate of drug-likeness (QED) is 0.701. The molecule has 8 nitrogen and oxygen atoms in total. The Labute approximate surface area is 173 Å². The highest BCUT2D eigenvalue weighted by molar-refractivity contribution is 5.99. The van der Waals surface area contributed by atoms with Crippen molar-refractivity contribution in [2.24, 2.45) is 7.05 Å². The van der Waals surface area contributed by atoms with Crippen molar-refractivity contribution in [1.29, 1.82) is 0 Å². The van der Waals surface area contributed by atoms with Gasteiger partial charge in [-0.1, -0.05) is 18.2 Å². The first-order chi connectivity index (χ1) is 14.5. The average molecular weight is 406 g/mol. The van der Waals surface area contributed by atoms with Gasteiger partial charge in [0.2, 0.25) is 11.8 Å². The molecule has 0 radical (unpaired) electrons. The van der Waals surface area contributed by atoms with Gasteiger partial charge in [0, 0.05) is 31.1 Å². The molecule has 3 aromatic rings. The minimum absolute atomic E-state index is 0.0125. The molecule has 1 N–H and O–H groups in total. The van der Waals surface area contributed by atoms with Gasteiger partial charge >= 0.3 is 0 Å². The Hall–Kier alpha value is -3.68. The highest BCUT2D eigenvalue weighted by atomic mass is 16.5. The molecule has 0 atom stereocenters. The maximum Gasteiger partial charge on any atom is 0.274 e. The third-order valence-corrected chi connectivity index (χ3v) is 5.19. The monoisotopic (exact) mass is 406 g/mol. The predicted octanol–water partition coefficient (Wildman–Crippen LogP) is 2.25. The van der Waals surface area contributed by atoms with Crippen LogP contribution in [0.1, 0.15) is 18.5 Å². The van der Waals surface area contributed by atoms with Crippen molar-refractivity contribution in [2.45, 2.75) is 19.3 Å². The Balaban J connectivity index is 1.60. The molecule has 8 heteroatoms. The zero-order valence-electron chi connectivity index (χ0n) is 16.8. The molecule has 1 aliphatic rings. The smallest absolute Gasteiger partial charge is 0.274 e. The molecule has 2 heterocycles. The number of nitrogens with zero attached hydrogens (tertiary/aromatic N) is 3.